The number of carbonyl (C=O) groups is 1. The van der Waals surface area contributed by atoms with Gasteiger partial charge in [0.15, 0.2) is 0 Å². The smallest absolute Gasteiger partial charge is 0.402 e. The minimum Gasteiger partial charge on any atom is -0.465 e. The summed E-state index contributed by atoms with van der Waals surface area (Å²) in [7, 11) is 0. The molecule has 0 aromatic rings. The van der Waals surface area contributed by atoms with E-state index >= 15 is 0 Å². The monoisotopic (exact) mass is 172 g/mol. The molecule has 0 aromatic carbocycles. The van der Waals surface area contributed by atoms with Crippen LogP contribution in [0.3, 0.4) is 0 Å². The van der Waals surface area contributed by atoms with E-state index in [0.29, 0.717) is 6.54 Å². The SMILES string of the molecule is C#CCNCCCC.NC(=O)O. The molecule has 1 amide bonds. The van der Waals surface area contributed by atoms with Crippen LogP contribution in [0.1, 0.15) is 19.8 Å². The van der Waals surface area contributed by atoms with E-state index in [4.69, 9.17) is 16.3 Å². The summed E-state index contributed by atoms with van der Waals surface area (Å²) in [6.45, 7) is 3.93. The molecule has 4 N–H and O–H groups in total. The van der Waals surface area contributed by atoms with Crippen LogP contribution in [0.15, 0.2) is 0 Å². The van der Waals surface area contributed by atoms with Gasteiger partial charge in [-0.1, -0.05) is 19.3 Å². The van der Waals surface area contributed by atoms with E-state index in [1.807, 2.05) is 0 Å². The zero-order valence-electron chi connectivity index (χ0n) is 7.34. The Kier molecular flexibility index (Phi) is 13.9. The summed E-state index contributed by atoms with van der Waals surface area (Å²) < 4.78 is 0. The second-order valence-electron chi connectivity index (χ2n) is 2.07. The standard InChI is InChI=1S/C7H13N.CH3NO2/c1-3-5-7-8-6-4-2;2-1(3)4/h2,8H,3,5-7H2,1H3;2H2,(H,3,4). The highest BCUT2D eigenvalue weighted by atomic mass is 16.4. The number of rotatable bonds is 4. The number of primary amides is 1. The maximum atomic E-state index is 8.78. The summed E-state index contributed by atoms with van der Waals surface area (Å²) >= 11 is 0. The van der Waals surface area contributed by atoms with Crippen LogP contribution in [0, 0.1) is 12.3 Å². The fraction of sp³-hybridized carbons (Fsp3) is 0.625. The molecular formula is C8H16N2O2. The van der Waals surface area contributed by atoms with Crippen LogP contribution >= 0.6 is 0 Å². The van der Waals surface area contributed by atoms with Crippen LogP contribution in [-0.2, 0) is 0 Å². The molecule has 0 aromatic heterocycles. The average Bonchev–Trinajstić information content (AvgIpc) is 1.97. The minimum atomic E-state index is -1.33. The molecule has 0 aliphatic rings. The molecule has 0 saturated heterocycles. The lowest BCUT2D eigenvalue weighted by molar-refractivity contribution is 0.205. The molecule has 0 radical (unpaired) electrons. The molecule has 0 fully saturated rings. The van der Waals surface area contributed by atoms with Gasteiger partial charge in [-0.15, -0.1) is 6.42 Å². The molecule has 12 heavy (non-hydrogen) atoms. The minimum absolute atomic E-state index is 0.708. The Bertz CT molecular complexity index is 136. The molecule has 0 heterocycles. The van der Waals surface area contributed by atoms with E-state index in [2.05, 4.69) is 23.9 Å². The predicted molar refractivity (Wildman–Crippen MR) is 48.8 cm³/mol. The van der Waals surface area contributed by atoms with Gasteiger partial charge >= 0.3 is 6.09 Å². The predicted octanol–water partition coefficient (Wildman–Crippen LogP) is 0.632. The summed E-state index contributed by atoms with van der Waals surface area (Å²) in [6.07, 6.45) is 6.12. The van der Waals surface area contributed by atoms with Gasteiger partial charge in [0.25, 0.3) is 0 Å². The first-order chi connectivity index (χ1) is 5.65. The summed E-state index contributed by atoms with van der Waals surface area (Å²) in [6, 6.07) is 0. The Morgan fingerprint density at radius 2 is 2.25 bits per heavy atom. The van der Waals surface area contributed by atoms with Gasteiger partial charge in [0, 0.05) is 0 Å². The van der Waals surface area contributed by atoms with Crippen LogP contribution in [0.25, 0.3) is 0 Å². The molecule has 4 heteroatoms. The van der Waals surface area contributed by atoms with Crippen molar-refractivity contribution in [2.75, 3.05) is 13.1 Å². The van der Waals surface area contributed by atoms with Crippen molar-refractivity contribution in [3.8, 4) is 12.3 Å². The van der Waals surface area contributed by atoms with Crippen LogP contribution in [0.4, 0.5) is 4.79 Å². The molecule has 0 spiro atoms. The van der Waals surface area contributed by atoms with Gasteiger partial charge in [-0.3, -0.25) is 0 Å². The first-order valence-electron chi connectivity index (χ1n) is 3.77. The average molecular weight is 172 g/mol. The van der Waals surface area contributed by atoms with E-state index < -0.39 is 6.09 Å². The van der Waals surface area contributed by atoms with E-state index in [-0.39, 0.29) is 0 Å². The van der Waals surface area contributed by atoms with Gasteiger partial charge in [0.2, 0.25) is 0 Å². The molecule has 0 rings (SSSR count). The summed E-state index contributed by atoms with van der Waals surface area (Å²) in [4.78, 5) is 8.78. The fourth-order valence-corrected chi connectivity index (χ4v) is 0.462. The third-order valence-corrected chi connectivity index (χ3v) is 0.934. The molecule has 0 aliphatic carbocycles. The lowest BCUT2D eigenvalue weighted by atomic mass is 10.3. The summed E-state index contributed by atoms with van der Waals surface area (Å²) in [5, 5.41) is 10.3. The molecular weight excluding hydrogens is 156 g/mol. The number of nitrogens with one attached hydrogen (secondary N) is 1. The van der Waals surface area contributed by atoms with Gasteiger partial charge in [0.05, 0.1) is 6.54 Å². The molecule has 0 unspecified atom stereocenters. The first kappa shape index (κ1) is 13.4. The number of nitrogens with two attached hydrogens (primary N) is 1. The number of hydrogen-bond donors (Lipinski definition) is 3. The third-order valence-electron chi connectivity index (χ3n) is 0.934. The molecule has 0 atom stereocenters. The molecule has 0 bridgehead atoms. The highest BCUT2D eigenvalue weighted by Gasteiger charge is 1.78. The largest absolute Gasteiger partial charge is 0.465 e. The normalized spacial score (nSPS) is 7.67. The Hall–Kier alpha value is -1.21. The Morgan fingerprint density at radius 3 is 2.58 bits per heavy atom. The summed E-state index contributed by atoms with van der Waals surface area (Å²) in [5.41, 5.74) is 4.03. The van der Waals surface area contributed by atoms with Crippen molar-refractivity contribution in [2.45, 2.75) is 19.8 Å². The summed E-state index contributed by atoms with van der Waals surface area (Å²) in [5.74, 6) is 2.52. The second-order valence-corrected chi connectivity index (χ2v) is 2.07. The van der Waals surface area contributed by atoms with Crippen molar-refractivity contribution in [1.29, 1.82) is 0 Å². The third kappa shape index (κ3) is 37.1. The zero-order valence-corrected chi connectivity index (χ0v) is 7.34. The number of unbranched alkanes of at least 4 members (excludes halogenated alkanes) is 1. The Balaban J connectivity index is 0. The van der Waals surface area contributed by atoms with Crippen molar-refractivity contribution in [3.63, 3.8) is 0 Å². The van der Waals surface area contributed by atoms with Gasteiger partial charge in [-0.25, -0.2) is 4.79 Å². The van der Waals surface area contributed by atoms with Crippen molar-refractivity contribution >= 4 is 6.09 Å². The lowest BCUT2D eigenvalue weighted by Gasteiger charge is -1.94. The lowest BCUT2D eigenvalue weighted by Crippen LogP contribution is -2.14. The number of hydrogen-bond acceptors (Lipinski definition) is 2. The van der Waals surface area contributed by atoms with Gasteiger partial charge in [0.1, 0.15) is 0 Å². The van der Waals surface area contributed by atoms with Crippen molar-refractivity contribution in [1.82, 2.24) is 5.32 Å². The zero-order chi connectivity index (χ0) is 9.82. The number of carboxylic acid groups (broad SMARTS) is 1. The maximum Gasteiger partial charge on any atom is 0.402 e. The first-order valence-corrected chi connectivity index (χ1v) is 3.77. The Morgan fingerprint density at radius 1 is 1.75 bits per heavy atom. The van der Waals surface area contributed by atoms with Crippen molar-refractivity contribution < 1.29 is 9.90 Å². The van der Waals surface area contributed by atoms with Gasteiger partial charge in [-0.05, 0) is 13.0 Å². The molecule has 0 aliphatic heterocycles. The van der Waals surface area contributed by atoms with Crippen LogP contribution in [0.5, 0.6) is 0 Å². The van der Waals surface area contributed by atoms with E-state index in [1.54, 1.807) is 0 Å². The van der Waals surface area contributed by atoms with Crippen molar-refractivity contribution in [3.05, 3.63) is 0 Å². The number of terminal acetylenes is 1. The maximum absolute atomic E-state index is 8.78. The molecule has 0 saturated carbocycles. The molecule has 4 nitrogen and oxygen atoms in total. The Labute approximate surface area is 73.1 Å². The quantitative estimate of drug-likeness (QED) is 0.430. The van der Waals surface area contributed by atoms with Gasteiger partial charge < -0.3 is 16.2 Å². The second kappa shape index (κ2) is 12.5. The van der Waals surface area contributed by atoms with Crippen LogP contribution in [0.2, 0.25) is 0 Å². The highest BCUT2D eigenvalue weighted by Crippen LogP contribution is 1.80. The van der Waals surface area contributed by atoms with Crippen LogP contribution in [-0.4, -0.2) is 24.3 Å². The molecule has 70 valence electrons. The highest BCUT2D eigenvalue weighted by molar-refractivity contribution is 5.61. The van der Waals surface area contributed by atoms with Crippen molar-refractivity contribution in [2.24, 2.45) is 5.73 Å². The number of amides is 1. The van der Waals surface area contributed by atoms with E-state index in [1.165, 1.54) is 12.8 Å². The van der Waals surface area contributed by atoms with Gasteiger partial charge in [-0.2, -0.15) is 0 Å². The van der Waals surface area contributed by atoms with E-state index in [0.717, 1.165) is 6.54 Å². The van der Waals surface area contributed by atoms with Crippen LogP contribution < -0.4 is 11.1 Å². The van der Waals surface area contributed by atoms with E-state index in [9.17, 15) is 0 Å². The topological polar surface area (TPSA) is 75.3 Å². The fourth-order valence-electron chi connectivity index (χ4n) is 0.462.